The fourth-order valence-electron chi connectivity index (χ4n) is 1.14. The number of halogens is 2. The van der Waals surface area contributed by atoms with Crippen molar-refractivity contribution in [2.75, 3.05) is 0 Å². The molecule has 0 aliphatic carbocycles. The summed E-state index contributed by atoms with van der Waals surface area (Å²) in [5, 5.41) is 3.85. The molecule has 0 saturated heterocycles. The van der Waals surface area contributed by atoms with E-state index in [1.54, 1.807) is 0 Å². The summed E-state index contributed by atoms with van der Waals surface area (Å²) in [4.78, 5) is 3.74. The Morgan fingerprint density at radius 1 is 1.21 bits per heavy atom. The van der Waals surface area contributed by atoms with Gasteiger partial charge in [0.25, 0.3) is 0 Å². The van der Waals surface area contributed by atoms with Gasteiger partial charge in [-0.05, 0) is 17.7 Å². The summed E-state index contributed by atoms with van der Waals surface area (Å²) >= 11 is 0. The molecule has 0 aliphatic rings. The molecular formula is C9H7F2N3. The van der Waals surface area contributed by atoms with E-state index in [1.165, 1.54) is 23.4 Å². The average Bonchev–Trinajstić information content (AvgIpc) is 2.64. The second kappa shape index (κ2) is 3.53. The summed E-state index contributed by atoms with van der Waals surface area (Å²) in [7, 11) is 0. The first-order valence-corrected chi connectivity index (χ1v) is 4.02. The summed E-state index contributed by atoms with van der Waals surface area (Å²) in [6.07, 6.45) is 2.90. The zero-order valence-electron chi connectivity index (χ0n) is 7.19. The Morgan fingerprint density at radius 3 is 2.71 bits per heavy atom. The van der Waals surface area contributed by atoms with Crippen molar-refractivity contribution < 1.29 is 8.78 Å². The molecule has 14 heavy (non-hydrogen) atoms. The first kappa shape index (κ1) is 8.80. The van der Waals surface area contributed by atoms with Crippen LogP contribution in [0.4, 0.5) is 8.78 Å². The predicted octanol–water partition coefficient (Wildman–Crippen LogP) is 1.60. The van der Waals surface area contributed by atoms with E-state index in [4.69, 9.17) is 0 Å². The largest absolute Gasteiger partial charge is 0.249 e. The van der Waals surface area contributed by atoms with Crippen LogP contribution in [-0.2, 0) is 6.54 Å². The van der Waals surface area contributed by atoms with E-state index in [0.29, 0.717) is 12.1 Å². The molecule has 0 radical (unpaired) electrons. The molecule has 0 fully saturated rings. The van der Waals surface area contributed by atoms with Gasteiger partial charge in [0.15, 0.2) is 11.6 Å². The molecule has 0 aliphatic heterocycles. The number of rotatable bonds is 2. The van der Waals surface area contributed by atoms with Gasteiger partial charge in [0, 0.05) is 0 Å². The summed E-state index contributed by atoms with van der Waals surface area (Å²) in [6, 6.07) is 3.76. The van der Waals surface area contributed by atoms with Crippen LogP contribution in [-0.4, -0.2) is 14.8 Å². The third kappa shape index (κ3) is 1.76. The van der Waals surface area contributed by atoms with Gasteiger partial charge in [-0.3, -0.25) is 0 Å². The molecular weight excluding hydrogens is 188 g/mol. The maximum absolute atomic E-state index is 12.8. The molecule has 0 atom stereocenters. The topological polar surface area (TPSA) is 30.7 Å². The molecule has 1 aromatic heterocycles. The third-order valence-corrected chi connectivity index (χ3v) is 1.80. The minimum Gasteiger partial charge on any atom is -0.249 e. The molecule has 0 saturated carbocycles. The van der Waals surface area contributed by atoms with Gasteiger partial charge in [-0.15, -0.1) is 0 Å². The maximum atomic E-state index is 12.8. The second-order valence-corrected chi connectivity index (χ2v) is 2.84. The monoisotopic (exact) mass is 195 g/mol. The smallest absolute Gasteiger partial charge is 0.159 e. The Labute approximate surface area is 79.0 Å². The highest BCUT2D eigenvalue weighted by Crippen LogP contribution is 2.09. The molecule has 0 unspecified atom stereocenters. The van der Waals surface area contributed by atoms with Gasteiger partial charge >= 0.3 is 0 Å². The lowest BCUT2D eigenvalue weighted by Crippen LogP contribution is -2.00. The predicted molar refractivity (Wildman–Crippen MR) is 45.5 cm³/mol. The van der Waals surface area contributed by atoms with Crippen molar-refractivity contribution in [2.24, 2.45) is 0 Å². The highest BCUT2D eigenvalue weighted by molar-refractivity contribution is 5.17. The van der Waals surface area contributed by atoms with Crippen molar-refractivity contribution in [1.29, 1.82) is 0 Å². The molecule has 0 spiro atoms. The highest BCUT2D eigenvalue weighted by Gasteiger charge is 2.02. The fraction of sp³-hybridized carbons (Fsp3) is 0.111. The van der Waals surface area contributed by atoms with E-state index in [2.05, 4.69) is 10.1 Å². The number of hydrogen-bond acceptors (Lipinski definition) is 2. The lowest BCUT2D eigenvalue weighted by molar-refractivity contribution is 0.505. The molecule has 1 aromatic carbocycles. The Bertz CT molecular complexity index is 426. The summed E-state index contributed by atoms with van der Waals surface area (Å²) in [6.45, 7) is 0.386. The van der Waals surface area contributed by atoms with Gasteiger partial charge in [0.2, 0.25) is 0 Å². The standard InChI is InChI=1S/C9H7F2N3/c10-8-2-1-7(3-9(8)11)4-14-6-12-5-13-14/h1-3,5-6H,4H2. The van der Waals surface area contributed by atoms with Crippen molar-refractivity contribution >= 4 is 0 Å². The van der Waals surface area contributed by atoms with Crippen molar-refractivity contribution in [3.8, 4) is 0 Å². The Balaban J connectivity index is 2.22. The van der Waals surface area contributed by atoms with E-state index in [9.17, 15) is 8.78 Å². The van der Waals surface area contributed by atoms with Crippen LogP contribution in [0.25, 0.3) is 0 Å². The third-order valence-electron chi connectivity index (χ3n) is 1.80. The van der Waals surface area contributed by atoms with Gasteiger partial charge < -0.3 is 0 Å². The molecule has 72 valence electrons. The van der Waals surface area contributed by atoms with Gasteiger partial charge in [-0.2, -0.15) is 5.10 Å². The first-order valence-electron chi connectivity index (χ1n) is 4.02. The molecule has 2 aromatic rings. The van der Waals surface area contributed by atoms with Crippen LogP contribution in [0.5, 0.6) is 0 Å². The molecule has 5 heteroatoms. The molecule has 1 heterocycles. The zero-order chi connectivity index (χ0) is 9.97. The minimum absolute atomic E-state index is 0.386. The van der Waals surface area contributed by atoms with E-state index < -0.39 is 11.6 Å². The molecule has 0 bridgehead atoms. The summed E-state index contributed by atoms with van der Waals surface area (Å²) in [5.41, 5.74) is 0.648. The Hall–Kier alpha value is -1.78. The number of aromatic nitrogens is 3. The van der Waals surface area contributed by atoms with Crippen LogP contribution >= 0.6 is 0 Å². The van der Waals surface area contributed by atoms with Crippen molar-refractivity contribution in [2.45, 2.75) is 6.54 Å². The van der Waals surface area contributed by atoms with E-state index in [-0.39, 0.29) is 0 Å². The van der Waals surface area contributed by atoms with E-state index in [0.717, 1.165) is 12.1 Å². The maximum Gasteiger partial charge on any atom is 0.159 e. The van der Waals surface area contributed by atoms with Crippen LogP contribution in [0.2, 0.25) is 0 Å². The lowest BCUT2D eigenvalue weighted by atomic mass is 10.2. The quantitative estimate of drug-likeness (QED) is 0.728. The molecule has 3 nitrogen and oxygen atoms in total. The minimum atomic E-state index is -0.845. The first-order chi connectivity index (χ1) is 6.75. The van der Waals surface area contributed by atoms with Gasteiger partial charge in [-0.1, -0.05) is 6.07 Å². The number of benzene rings is 1. The molecule has 0 amide bonds. The van der Waals surface area contributed by atoms with Crippen molar-refractivity contribution in [3.05, 3.63) is 48.1 Å². The summed E-state index contributed by atoms with van der Waals surface area (Å²) < 4.78 is 26.9. The van der Waals surface area contributed by atoms with Gasteiger partial charge in [-0.25, -0.2) is 18.4 Å². The highest BCUT2D eigenvalue weighted by atomic mass is 19.2. The lowest BCUT2D eigenvalue weighted by Gasteiger charge is -2.01. The van der Waals surface area contributed by atoms with Gasteiger partial charge in [0.05, 0.1) is 6.54 Å². The van der Waals surface area contributed by atoms with Gasteiger partial charge in [0.1, 0.15) is 12.7 Å². The fourth-order valence-corrected chi connectivity index (χ4v) is 1.14. The average molecular weight is 195 g/mol. The van der Waals surface area contributed by atoms with E-state index in [1.807, 2.05) is 0 Å². The zero-order valence-corrected chi connectivity index (χ0v) is 7.19. The number of hydrogen-bond donors (Lipinski definition) is 0. The normalized spacial score (nSPS) is 10.4. The number of nitrogens with zero attached hydrogens (tertiary/aromatic N) is 3. The van der Waals surface area contributed by atoms with Crippen LogP contribution in [0, 0.1) is 11.6 Å². The Morgan fingerprint density at radius 2 is 2.07 bits per heavy atom. The SMILES string of the molecule is Fc1ccc(Cn2cncn2)cc1F. The van der Waals surface area contributed by atoms with Crippen LogP contribution < -0.4 is 0 Å². The van der Waals surface area contributed by atoms with Crippen LogP contribution in [0.3, 0.4) is 0 Å². The van der Waals surface area contributed by atoms with E-state index >= 15 is 0 Å². The molecule has 2 rings (SSSR count). The molecule has 0 N–H and O–H groups in total. The van der Waals surface area contributed by atoms with Crippen molar-refractivity contribution in [1.82, 2.24) is 14.8 Å². The van der Waals surface area contributed by atoms with Crippen LogP contribution in [0.15, 0.2) is 30.9 Å². The van der Waals surface area contributed by atoms with Crippen LogP contribution in [0.1, 0.15) is 5.56 Å². The van der Waals surface area contributed by atoms with Crippen molar-refractivity contribution in [3.63, 3.8) is 0 Å². The Kier molecular flexibility index (Phi) is 2.22. The second-order valence-electron chi connectivity index (χ2n) is 2.84. The summed E-state index contributed by atoms with van der Waals surface area (Å²) in [5.74, 6) is -1.69.